The molecule has 2 unspecified atom stereocenters. The van der Waals surface area contributed by atoms with Crippen molar-refractivity contribution >= 4 is 34.1 Å². The van der Waals surface area contributed by atoms with Crippen molar-refractivity contribution < 1.29 is 19.1 Å². The molecular weight excluding hydrogens is 450 g/mol. The van der Waals surface area contributed by atoms with E-state index in [1.165, 1.54) is 0 Å². The summed E-state index contributed by atoms with van der Waals surface area (Å²) in [6.07, 6.45) is 3.09. The first-order valence-corrected chi connectivity index (χ1v) is 12.3. The molecule has 1 aliphatic heterocycles. The van der Waals surface area contributed by atoms with E-state index in [1.807, 2.05) is 50.2 Å². The minimum atomic E-state index is -0.664. The summed E-state index contributed by atoms with van der Waals surface area (Å²) >= 11 is 6.06. The van der Waals surface area contributed by atoms with Gasteiger partial charge in [-0.2, -0.15) is 0 Å². The van der Waals surface area contributed by atoms with Gasteiger partial charge in [0.1, 0.15) is 17.5 Å². The lowest BCUT2D eigenvalue weighted by molar-refractivity contribution is -0.125. The lowest BCUT2D eigenvalue weighted by atomic mass is 9.84. The zero-order valence-corrected chi connectivity index (χ0v) is 20.2. The maximum Gasteiger partial charge on any atom is 0.219 e. The van der Waals surface area contributed by atoms with E-state index in [-0.39, 0.29) is 17.5 Å². The van der Waals surface area contributed by atoms with Crippen molar-refractivity contribution in [3.8, 4) is 11.6 Å². The molecule has 2 aromatic carbocycles. The average molecular weight is 478 g/mol. The van der Waals surface area contributed by atoms with Crippen LogP contribution in [-0.2, 0) is 14.3 Å². The third-order valence-corrected chi connectivity index (χ3v) is 7.35. The minimum absolute atomic E-state index is 0.0387. The van der Waals surface area contributed by atoms with Crippen molar-refractivity contribution in [2.24, 2.45) is 11.8 Å². The van der Waals surface area contributed by atoms with Crippen LogP contribution >= 0.6 is 11.6 Å². The molecule has 1 saturated carbocycles. The maximum atomic E-state index is 13.3. The molecule has 1 aliphatic carbocycles. The molecular formula is C28H28ClNO4. The Kier molecular flexibility index (Phi) is 6.41. The zero-order valence-electron chi connectivity index (χ0n) is 19.5. The molecule has 0 radical (unpaired) electrons. The Morgan fingerprint density at radius 2 is 1.76 bits per heavy atom. The number of halogens is 1. The lowest BCUT2D eigenvalue weighted by Gasteiger charge is -2.24. The Morgan fingerprint density at radius 1 is 1.03 bits per heavy atom. The monoisotopic (exact) mass is 477 g/mol. The topological polar surface area (TPSA) is 65.5 Å². The van der Waals surface area contributed by atoms with Gasteiger partial charge in [-0.3, -0.25) is 9.59 Å². The number of aromatic nitrogens is 1. The van der Waals surface area contributed by atoms with Crippen LogP contribution in [0.1, 0.15) is 48.3 Å². The first-order valence-electron chi connectivity index (χ1n) is 11.9. The second kappa shape index (κ2) is 9.47. The molecule has 0 amide bonds. The van der Waals surface area contributed by atoms with Crippen LogP contribution < -0.4 is 4.74 Å². The number of nitrogens with zero attached hydrogens (tertiary/aromatic N) is 1. The summed E-state index contributed by atoms with van der Waals surface area (Å²) in [5.74, 6) is 0.857. The van der Waals surface area contributed by atoms with Crippen molar-refractivity contribution in [2.75, 3.05) is 13.2 Å². The number of carbonyl (C=O) groups excluding carboxylic acids is 2. The summed E-state index contributed by atoms with van der Waals surface area (Å²) in [7, 11) is 0. The van der Waals surface area contributed by atoms with E-state index in [1.54, 1.807) is 6.07 Å². The third-order valence-electron chi connectivity index (χ3n) is 7.12. The van der Waals surface area contributed by atoms with Crippen molar-refractivity contribution in [2.45, 2.75) is 45.4 Å². The molecule has 2 fully saturated rings. The summed E-state index contributed by atoms with van der Waals surface area (Å²) in [5, 5.41) is 1.60. The molecule has 3 aromatic rings. The lowest BCUT2D eigenvalue weighted by Crippen LogP contribution is -2.22. The van der Waals surface area contributed by atoms with E-state index >= 15 is 0 Å². The first-order chi connectivity index (χ1) is 16.4. The van der Waals surface area contributed by atoms with Gasteiger partial charge in [0.15, 0.2) is 5.78 Å². The van der Waals surface area contributed by atoms with Gasteiger partial charge in [0.2, 0.25) is 5.88 Å². The average Bonchev–Trinajstić information content (AvgIpc) is 3.07. The SMILES string of the molecule is Cc1cc(Oc2ccc3cc(Cl)ccc3n2)cc(C)c1C1C(=O)CC(CC2CCOCC2)C1=O. The van der Waals surface area contributed by atoms with Crippen LogP contribution in [0.25, 0.3) is 10.9 Å². The molecule has 1 aromatic heterocycles. The van der Waals surface area contributed by atoms with Crippen molar-refractivity contribution in [3.63, 3.8) is 0 Å². The highest BCUT2D eigenvalue weighted by Crippen LogP contribution is 2.40. The van der Waals surface area contributed by atoms with Gasteiger partial charge in [-0.05, 0) is 92.1 Å². The molecule has 2 heterocycles. The van der Waals surface area contributed by atoms with E-state index < -0.39 is 5.92 Å². The third kappa shape index (κ3) is 4.59. The highest BCUT2D eigenvalue weighted by molar-refractivity contribution is 6.31. The molecule has 5 rings (SSSR count). The number of benzene rings is 2. The van der Waals surface area contributed by atoms with E-state index in [0.717, 1.165) is 60.1 Å². The van der Waals surface area contributed by atoms with Crippen LogP contribution in [0.3, 0.4) is 0 Å². The van der Waals surface area contributed by atoms with E-state index in [0.29, 0.717) is 29.0 Å². The van der Waals surface area contributed by atoms with Crippen LogP contribution in [0.4, 0.5) is 0 Å². The van der Waals surface area contributed by atoms with Gasteiger partial charge in [0.25, 0.3) is 0 Å². The molecule has 2 aliphatic rings. The maximum absolute atomic E-state index is 13.3. The molecule has 1 saturated heterocycles. The number of ether oxygens (including phenoxy) is 2. The normalized spacial score (nSPS) is 21.4. The summed E-state index contributed by atoms with van der Waals surface area (Å²) in [6, 6.07) is 13.0. The Morgan fingerprint density at radius 3 is 2.50 bits per heavy atom. The standard InChI is InChI=1S/C28H28ClNO4/c1-16-11-22(34-25-6-3-19-14-21(29)4-5-23(19)30-25)12-17(2)26(16)27-24(31)15-20(28(27)32)13-18-7-9-33-10-8-18/h3-6,11-12,14,18,20,27H,7-10,13,15H2,1-2H3. The summed E-state index contributed by atoms with van der Waals surface area (Å²) in [4.78, 5) is 30.8. The predicted molar refractivity (Wildman–Crippen MR) is 132 cm³/mol. The number of pyridine rings is 1. The summed E-state index contributed by atoms with van der Waals surface area (Å²) < 4.78 is 11.5. The number of hydrogen-bond donors (Lipinski definition) is 0. The second-order valence-corrected chi connectivity index (χ2v) is 9.99. The zero-order chi connectivity index (χ0) is 23.8. The largest absolute Gasteiger partial charge is 0.439 e. The first kappa shape index (κ1) is 23.0. The van der Waals surface area contributed by atoms with Crippen LogP contribution in [0.2, 0.25) is 5.02 Å². The number of aryl methyl sites for hydroxylation is 2. The Bertz CT molecular complexity index is 1240. The van der Waals surface area contributed by atoms with E-state index in [9.17, 15) is 9.59 Å². The summed E-state index contributed by atoms with van der Waals surface area (Å²) in [5.41, 5.74) is 3.41. The Hall–Kier alpha value is -2.76. The van der Waals surface area contributed by atoms with Crippen LogP contribution in [0.15, 0.2) is 42.5 Å². The highest BCUT2D eigenvalue weighted by atomic mass is 35.5. The minimum Gasteiger partial charge on any atom is -0.439 e. The van der Waals surface area contributed by atoms with Gasteiger partial charge in [0, 0.05) is 42.0 Å². The van der Waals surface area contributed by atoms with Gasteiger partial charge in [0.05, 0.1) is 5.52 Å². The fourth-order valence-electron chi connectivity index (χ4n) is 5.45. The fourth-order valence-corrected chi connectivity index (χ4v) is 5.63. The quantitative estimate of drug-likeness (QED) is 0.400. The fraction of sp³-hybridized carbons (Fsp3) is 0.393. The molecule has 0 N–H and O–H groups in total. The van der Waals surface area contributed by atoms with E-state index in [4.69, 9.17) is 21.1 Å². The smallest absolute Gasteiger partial charge is 0.219 e. The molecule has 176 valence electrons. The number of rotatable bonds is 5. The van der Waals surface area contributed by atoms with Crippen molar-refractivity contribution in [1.82, 2.24) is 4.98 Å². The Labute approximate surface area is 204 Å². The van der Waals surface area contributed by atoms with Gasteiger partial charge < -0.3 is 9.47 Å². The van der Waals surface area contributed by atoms with Crippen molar-refractivity contribution in [1.29, 1.82) is 0 Å². The van der Waals surface area contributed by atoms with Gasteiger partial charge in [-0.15, -0.1) is 0 Å². The van der Waals surface area contributed by atoms with Crippen LogP contribution in [-0.4, -0.2) is 29.8 Å². The number of hydrogen-bond acceptors (Lipinski definition) is 5. The van der Waals surface area contributed by atoms with Crippen molar-refractivity contribution in [3.05, 3.63) is 64.2 Å². The van der Waals surface area contributed by atoms with Gasteiger partial charge in [-0.1, -0.05) is 11.6 Å². The number of carbonyl (C=O) groups is 2. The predicted octanol–water partition coefficient (Wildman–Crippen LogP) is 6.36. The molecule has 6 heteroatoms. The number of Topliss-reactive ketones (excluding diaryl/α,β-unsaturated/α-hetero) is 2. The van der Waals surface area contributed by atoms with E-state index in [2.05, 4.69) is 4.98 Å². The highest BCUT2D eigenvalue weighted by Gasteiger charge is 2.43. The number of ketones is 2. The molecule has 0 spiro atoms. The van der Waals surface area contributed by atoms with Crippen LogP contribution in [0, 0.1) is 25.7 Å². The molecule has 34 heavy (non-hydrogen) atoms. The van der Waals surface area contributed by atoms with Crippen LogP contribution in [0.5, 0.6) is 11.6 Å². The van der Waals surface area contributed by atoms with Gasteiger partial charge in [-0.25, -0.2) is 4.98 Å². The Balaban J connectivity index is 1.36. The molecule has 5 nitrogen and oxygen atoms in total. The second-order valence-electron chi connectivity index (χ2n) is 9.55. The molecule has 2 atom stereocenters. The number of fused-ring (bicyclic) bond motifs is 1. The summed E-state index contributed by atoms with van der Waals surface area (Å²) in [6.45, 7) is 5.39. The molecule has 0 bridgehead atoms. The van der Waals surface area contributed by atoms with Gasteiger partial charge >= 0.3 is 0 Å².